The number of nitrogens with zero attached hydrogens (tertiary/aromatic N) is 1. The van der Waals surface area contributed by atoms with Crippen LogP contribution in [-0.4, -0.2) is 29.4 Å². The summed E-state index contributed by atoms with van der Waals surface area (Å²) >= 11 is 0. The van der Waals surface area contributed by atoms with Gasteiger partial charge >= 0.3 is 0 Å². The van der Waals surface area contributed by atoms with Gasteiger partial charge in [0.15, 0.2) is 0 Å². The number of carbonyl (C=O) groups excluding carboxylic acids is 1. The maximum atomic E-state index is 11.8. The molecule has 0 atom stereocenters. The van der Waals surface area contributed by atoms with E-state index in [1.165, 1.54) is 31.5 Å². The number of hydrogen-bond acceptors (Lipinski definition) is 3. The Kier molecular flexibility index (Phi) is 4.22. The van der Waals surface area contributed by atoms with Crippen molar-refractivity contribution in [3.63, 3.8) is 0 Å². The zero-order chi connectivity index (χ0) is 13.9. The maximum absolute atomic E-state index is 11.8. The Morgan fingerprint density at radius 1 is 1.37 bits per heavy atom. The van der Waals surface area contributed by atoms with Gasteiger partial charge in [-0.25, -0.2) is 0 Å². The molecule has 1 aromatic rings. The molecule has 3 N–H and O–H groups in total. The fourth-order valence-corrected chi connectivity index (χ4v) is 2.24. The van der Waals surface area contributed by atoms with Gasteiger partial charge in [-0.05, 0) is 57.5 Å². The van der Waals surface area contributed by atoms with E-state index in [-0.39, 0.29) is 5.91 Å². The highest BCUT2D eigenvalue weighted by Gasteiger charge is 2.21. The summed E-state index contributed by atoms with van der Waals surface area (Å²) in [5.41, 5.74) is 6.97. The van der Waals surface area contributed by atoms with Gasteiger partial charge in [-0.15, -0.1) is 0 Å². The number of likely N-dealkylation sites (tertiary alicyclic amines) is 1. The molecule has 0 unspecified atom stereocenters. The summed E-state index contributed by atoms with van der Waals surface area (Å²) in [5, 5.41) is 2.86. The number of anilines is 1. The van der Waals surface area contributed by atoms with Gasteiger partial charge in [0.2, 0.25) is 5.91 Å². The Labute approximate surface area is 115 Å². The summed E-state index contributed by atoms with van der Waals surface area (Å²) < 4.78 is 0. The molecule has 19 heavy (non-hydrogen) atoms. The molecule has 1 amide bonds. The molecular formula is C15H23N3O. The molecule has 0 aliphatic carbocycles. The number of amides is 1. The van der Waals surface area contributed by atoms with Crippen LogP contribution in [-0.2, 0) is 11.3 Å². The molecule has 0 bridgehead atoms. The second-order valence-corrected chi connectivity index (χ2v) is 5.86. The Morgan fingerprint density at radius 3 is 2.68 bits per heavy atom. The van der Waals surface area contributed by atoms with Crippen molar-refractivity contribution in [2.45, 2.75) is 38.8 Å². The van der Waals surface area contributed by atoms with Gasteiger partial charge in [0.25, 0.3) is 0 Å². The Balaban J connectivity index is 2.00. The Morgan fingerprint density at radius 2 is 2.05 bits per heavy atom. The molecular weight excluding hydrogens is 238 g/mol. The van der Waals surface area contributed by atoms with E-state index < -0.39 is 5.54 Å². The zero-order valence-corrected chi connectivity index (χ0v) is 11.8. The first-order chi connectivity index (χ1) is 8.95. The third-order valence-corrected chi connectivity index (χ3v) is 3.37. The normalized spacial score (nSPS) is 16.6. The second-order valence-electron chi connectivity index (χ2n) is 5.86. The molecule has 1 aliphatic rings. The molecule has 1 aromatic carbocycles. The van der Waals surface area contributed by atoms with E-state index in [0.717, 1.165) is 12.2 Å². The molecule has 1 saturated heterocycles. The van der Waals surface area contributed by atoms with Crippen molar-refractivity contribution >= 4 is 11.6 Å². The molecule has 0 saturated carbocycles. The van der Waals surface area contributed by atoms with Crippen LogP contribution >= 0.6 is 0 Å². The summed E-state index contributed by atoms with van der Waals surface area (Å²) in [7, 11) is 0. The first-order valence-electron chi connectivity index (χ1n) is 6.87. The highest BCUT2D eigenvalue weighted by atomic mass is 16.2. The minimum Gasteiger partial charge on any atom is -0.325 e. The lowest BCUT2D eigenvalue weighted by atomic mass is 10.1. The van der Waals surface area contributed by atoms with Crippen LogP contribution in [0.25, 0.3) is 0 Å². The van der Waals surface area contributed by atoms with Gasteiger partial charge in [-0.2, -0.15) is 0 Å². The minimum atomic E-state index is -0.856. The van der Waals surface area contributed by atoms with Crippen molar-refractivity contribution in [3.8, 4) is 0 Å². The quantitative estimate of drug-likeness (QED) is 0.871. The fraction of sp³-hybridized carbons (Fsp3) is 0.533. The van der Waals surface area contributed by atoms with Gasteiger partial charge in [0.1, 0.15) is 0 Å². The predicted octanol–water partition coefficient (Wildman–Crippen LogP) is 1.96. The van der Waals surface area contributed by atoms with E-state index in [4.69, 9.17) is 5.73 Å². The first-order valence-corrected chi connectivity index (χ1v) is 6.87. The third-order valence-electron chi connectivity index (χ3n) is 3.37. The van der Waals surface area contributed by atoms with Gasteiger partial charge in [0, 0.05) is 12.2 Å². The van der Waals surface area contributed by atoms with Crippen LogP contribution in [0, 0.1) is 0 Å². The van der Waals surface area contributed by atoms with E-state index in [2.05, 4.69) is 16.3 Å². The van der Waals surface area contributed by atoms with Crippen molar-refractivity contribution in [1.29, 1.82) is 0 Å². The number of nitrogens with two attached hydrogens (primary N) is 1. The summed E-state index contributed by atoms with van der Waals surface area (Å²) in [6.07, 6.45) is 2.58. The molecule has 1 aliphatic heterocycles. The van der Waals surface area contributed by atoms with Crippen LogP contribution in [0.3, 0.4) is 0 Å². The van der Waals surface area contributed by atoms with E-state index in [9.17, 15) is 4.79 Å². The van der Waals surface area contributed by atoms with Crippen LogP contribution in [0.5, 0.6) is 0 Å². The molecule has 4 nitrogen and oxygen atoms in total. The molecule has 4 heteroatoms. The Bertz CT molecular complexity index is 445. The topological polar surface area (TPSA) is 58.4 Å². The van der Waals surface area contributed by atoms with Crippen molar-refractivity contribution in [3.05, 3.63) is 29.8 Å². The van der Waals surface area contributed by atoms with Crippen molar-refractivity contribution in [2.24, 2.45) is 5.73 Å². The average Bonchev–Trinajstić information content (AvgIpc) is 2.81. The first kappa shape index (κ1) is 14.0. The monoisotopic (exact) mass is 261 g/mol. The SMILES string of the molecule is CC(C)(N)C(=O)Nc1cccc(CN2CCCC2)c1. The van der Waals surface area contributed by atoms with Crippen molar-refractivity contribution in [2.75, 3.05) is 18.4 Å². The lowest BCUT2D eigenvalue weighted by Gasteiger charge is -2.19. The summed E-state index contributed by atoms with van der Waals surface area (Å²) in [5.74, 6) is -0.161. The molecule has 1 heterocycles. The van der Waals surface area contributed by atoms with E-state index in [1.54, 1.807) is 13.8 Å². The standard InChI is InChI=1S/C15H23N3O/c1-15(2,16)14(19)17-13-7-5-6-12(10-13)11-18-8-3-4-9-18/h5-7,10H,3-4,8-9,11,16H2,1-2H3,(H,17,19). The van der Waals surface area contributed by atoms with Gasteiger partial charge in [-0.1, -0.05) is 12.1 Å². The predicted molar refractivity (Wildman–Crippen MR) is 77.8 cm³/mol. The third kappa shape index (κ3) is 4.04. The largest absolute Gasteiger partial charge is 0.325 e. The smallest absolute Gasteiger partial charge is 0.243 e. The number of rotatable bonds is 4. The molecule has 0 radical (unpaired) electrons. The number of nitrogens with one attached hydrogen (secondary N) is 1. The van der Waals surface area contributed by atoms with Gasteiger partial charge in [0.05, 0.1) is 5.54 Å². The second kappa shape index (κ2) is 5.72. The van der Waals surface area contributed by atoms with Crippen LogP contribution in [0.4, 0.5) is 5.69 Å². The fourth-order valence-electron chi connectivity index (χ4n) is 2.24. The van der Waals surface area contributed by atoms with Crippen LogP contribution in [0.1, 0.15) is 32.3 Å². The van der Waals surface area contributed by atoms with Crippen molar-refractivity contribution < 1.29 is 4.79 Å². The van der Waals surface area contributed by atoms with Crippen molar-refractivity contribution in [1.82, 2.24) is 4.90 Å². The van der Waals surface area contributed by atoms with E-state index in [1.807, 2.05) is 18.2 Å². The Hall–Kier alpha value is -1.39. The average molecular weight is 261 g/mol. The summed E-state index contributed by atoms with van der Waals surface area (Å²) in [6.45, 7) is 6.71. The molecule has 2 rings (SSSR count). The lowest BCUT2D eigenvalue weighted by Crippen LogP contribution is -2.45. The summed E-state index contributed by atoms with van der Waals surface area (Å²) in [6, 6.07) is 8.01. The number of carbonyl (C=O) groups is 1. The number of hydrogen-bond donors (Lipinski definition) is 2. The number of benzene rings is 1. The minimum absolute atomic E-state index is 0.161. The van der Waals surface area contributed by atoms with Gasteiger partial charge in [-0.3, -0.25) is 9.69 Å². The highest BCUT2D eigenvalue weighted by molar-refractivity contribution is 5.97. The molecule has 0 spiro atoms. The molecule has 104 valence electrons. The molecule has 0 aromatic heterocycles. The van der Waals surface area contributed by atoms with Crippen LogP contribution < -0.4 is 11.1 Å². The maximum Gasteiger partial charge on any atom is 0.243 e. The van der Waals surface area contributed by atoms with E-state index in [0.29, 0.717) is 0 Å². The lowest BCUT2D eigenvalue weighted by molar-refractivity contribution is -0.120. The highest BCUT2D eigenvalue weighted by Crippen LogP contribution is 2.16. The van der Waals surface area contributed by atoms with E-state index >= 15 is 0 Å². The van der Waals surface area contributed by atoms with Gasteiger partial charge < -0.3 is 11.1 Å². The molecule has 1 fully saturated rings. The van der Waals surface area contributed by atoms with Crippen LogP contribution in [0.15, 0.2) is 24.3 Å². The van der Waals surface area contributed by atoms with Crippen LogP contribution in [0.2, 0.25) is 0 Å². The summed E-state index contributed by atoms with van der Waals surface area (Å²) in [4.78, 5) is 14.3. The zero-order valence-electron chi connectivity index (χ0n) is 11.8.